The van der Waals surface area contributed by atoms with Gasteiger partial charge >= 0.3 is 0 Å². The second-order valence-electron chi connectivity index (χ2n) is 5.18. The number of hydrogen-bond donors (Lipinski definition) is 1. The van der Waals surface area contributed by atoms with Crippen molar-refractivity contribution >= 4 is 0 Å². The van der Waals surface area contributed by atoms with Crippen molar-refractivity contribution in [2.75, 3.05) is 20.8 Å². The lowest BCUT2D eigenvalue weighted by Crippen LogP contribution is -2.26. The highest BCUT2D eigenvalue weighted by Crippen LogP contribution is 2.26. The van der Waals surface area contributed by atoms with Crippen molar-refractivity contribution in [3.05, 3.63) is 29.8 Å². The summed E-state index contributed by atoms with van der Waals surface area (Å²) in [6.45, 7) is 0.710. The molecule has 1 aliphatic carbocycles. The molecule has 1 saturated carbocycles. The summed E-state index contributed by atoms with van der Waals surface area (Å²) in [6, 6.07) is 8.34. The van der Waals surface area contributed by atoms with Crippen LogP contribution in [-0.2, 0) is 4.74 Å². The van der Waals surface area contributed by atoms with E-state index in [0.717, 1.165) is 5.75 Å². The largest absolute Gasteiger partial charge is 0.496 e. The van der Waals surface area contributed by atoms with Gasteiger partial charge in [0, 0.05) is 5.56 Å². The van der Waals surface area contributed by atoms with Crippen LogP contribution in [0.5, 0.6) is 5.75 Å². The molecule has 19 heavy (non-hydrogen) atoms. The molecule has 3 nitrogen and oxygen atoms in total. The van der Waals surface area contributed by atoms with E-state index in [0.29, 0.717) is 12.7 Å². The number of nitrogens with one attached hydrogen (secondary N) is 1. The number of likely N-dealkylation sites (N-methyl/N-ethyl adjacent to an activating group) is 1. The molecule has 3 heteroatoms. The van der Waals surface area contributed by atoms with Gasteiger partial charge in [0.25, 0.3) is 0 Å². The van der Waals surface area contributed by atoms with E-state index in [9.17, 15) is 0 Å². The Bertz CT molecular complexity index is 375. The van der Waals surface area contributed by atoms with E-state index in [1.165, 1.54) is 37.7 Å². The van der Waals surface area contributed by atoms with Gasteiger partial charge < -0.3 is 14.8 Å². The maximum absolute atomic E-state index is 6.07. The third-order valence-electron chi connectivity index (χ3n) is 3.91. The highest BCUT2D eigenvalue weighted by molar-refractivity contribution is 5.35. The molecule has 1 unspecified atom stereocenters. The molecule has 0 amide bonds. The summed E-state index contributed by atoms with van der Waals surface area (Å²) in [6.07, 6.45) is 6.85. The van der Waals surface area contributed by atoms with Crippen molar-refractivity contribution in [1.29, 1.82) is 0 Å². The monoisotopic (exact) mass is 263 g/mol. The second-order valence-corrected chi connectivity index (χ2v) is 5.18. The number of ether oxygens (including phenoxy) is 2. The third-order valence-corrected chi connectivity index (χ3v) is 3.91. The molecular formula is C16H25NO2. The summed E-state index contributed by atoms with van der Waals surface area (Å²) < 4.78 is 11.5. The Balaban J connectivity index is 1.95. The normalized spacial score (nSPS) is 18.2. The topological polar surface area (TPSA) is 30.5 Å². The van der Waals surface area contributed by atoms with E-state index in [1.54, 1.807) is 7.11 Å². The van der Waals surface area contributed by atoms with Crippen LogP contribution in [0.25, 0.3) is 0 Å². The fourth-order valence-corrected chi connectivity index (χ4v) is 2.75. The van der Waals surface area contributed by atoms with Crippen molar-refractivity contribution < 1.29 is 9.47 Å². The Hall–Kier alpha value is -1.06. The number of hydrogen-bond acceptors (Lipinski definition) is 3. The maximum Gasteiger partial charge on any atom is 0.123 e. The molecule has 1 aromatic rings. The molecule has 1 aliphatic rings. The van der Waals surface area contributed by atoms with Gasteiger partial charge in [-0.05, 0) is 26.0 Å². The van der Waals surface area contributed by atoms with E-state index in [4.69, 9.17) is 9.47 Å². The van der Waals surface area contributed by atoms with Gasteiger partial charge in [-0.2, -0.15) is 0 Å². The highest BCUT2D eigenvalue weighted by atomic mass is 16.5. The Morgan fingerprint density at radius 1 is 1.21 bits per heavy atom. The standard InChI is InChI=1S/C16H25NO2/c1-17-15(12-19-13-8-4-3-5-9-13)14-10-6-7-11-16(14)18-2/h6-7,10-11,13,15,17H,3-5,8-9,12H2,1-2H3. The first-order valence-corrected chi connectivity index (χ1v) is 7.27. The van der Waals surface area contributed by atoms with Crippen LogP contribution < -0.4 is 10.1 Å². The van der Waals surface area contributed by atoms with Crippen LogP contribution in [0, 0.1) is 0 Å². The molecule has 1 N–H and O–H groups in total. The van der Waals surface area contributed by atoms with Crippen LogP contribution in [0.15, 0.2) is 24.3 Å². The van der Waals surface area contributed by atoms with Gasteiger partial charge in [-0.3, -0.25) is 0 Å². The smallest absolute Gasteiger partial charge is 0.123 e. The molecule has 0 radical (unpaired) electrons. The molecule has 0 heterocycles. The number of methoxy groups -OCH3 is 1. The first kappa shape index (κ1) is 14.4. The lowest BCUT2D eigenvalue weighted by Gasteiger charge is -2.25. The van der Waals surface area contributed by atoms with Gasteiger partial charge in [0.05, 0.1) is 25.9 Å². The molecule has 0 aromatic heterocycles. The molecule has 0 bridgehead atoms. The highest BCUT2D eigenvalue weighted by Gasteiger charge is 2.18. The molecule has 2 rings (SSSR count). The zero-order chi connectivity index (χ0) is 13.5. The Labute approximate surface area is 116 Å². The zero-order valence-corrected chi connectivity index (χ0v) is 12.0. The Morgan fingerprint density at radius 3 is 2.63 bits per heavy atom. The molecular weight excluding hydrogens is 238 g/mol. The average molecular weight is 263 g/mol. The van der Waals surface area contributed by atoms with Crippen molar-refractivity contribution in [2.45, 2.75) is 44.2 Å². The van der Waals surface area contributed by atoms with Crippen LogP contribution in [0.1, 0.15) is 43.7 Å². The molecule has 106 valence electrons. The predicted molar refractivity (Wildman–Crippen MR) is 77.6 cm³/mol. The third kappa shape index (κ3) is 3.95. The maximum atomic E-state index is 6.07. The Morgan fingerprint density at radius 2 is 1.95 bits per heavy atom. The second kappa shape index (κ2) is 7.51. The van der Waals surface area contributed by atoms with Gasteiger partial charge in [0.15, 0.2) is 0 Å². The number of para-hydroxylation sites is 1. The lowest BCUT2D eigenvalue weighted by molar-refractivity contribution is 0.0163. The van der Waals surface area contributed by atoms with Crippen molar-refractivity contribution in [3.63, 3.8) is 0 Å². The van der Waals surface area contributed by atoms with Gasteiger partial charge in [-0.25, -0.2) is 0 Å². The van der Waals surface area contributed by atoms with Crippen molar-refractivity contribution in [3.8, 4) is 5.75 Å². The summed E-state index contributed by atoms with van der Waals surface area (Å²) in [5.41, 5.74) is 1.17. The minimum Gasteiger partial charge on any atom is -0.496 e. The van der Waals surface area contributed by atoms with Crippen LogP contribution >= 0.6 is 0 Å². The van der Waals surface area contributed by atoms with Crippen LogP contribution in [0.3, 0.4) is 0 Å². The van der Waals surface area contributed by atoms with Crippen LogP contribution in [-0.4, -0.2) is 26.9 Å². The van der Waals surface area contributed by atoms with E-state index in [-0.39, 0.29) is 6.04 Å². The first-order valence-electron chi connectivity index (χ1n) is 7.27. The van der Waals surface area contributed by atoms with E-state index in [1.807, 2.05) is 25.2 Å². The molecule has 1 fully saturated rings. The van der Waals surface area contributed by atoms with Gasteiger partial charge in [-0.15, -0.1) is 0 Å². The lowest BCUT2D eigenvalue weighted by atomic mass is 9.97. The van der Waals surface area contributed by atoms with Gasteiger partial charge in [0.1, 0.15) is 5.75 Å². The van der Waals surface area contributed by atoms with E-state index < -0.39 is 0 Å². The SMILES string of the molecule is CNC(COC1CCCCC1)c1ccccc1OC. The number of benzene rings is 1. The summed E-state index contributed by atoms with van der Waals surface area (Å²) in [7, 11) is 3.69. The minimum atomic E-state index is 0.193. The molecule has 1 atom stereocenters. The minimum absolute atomic E-state index is 0.193. The quantitative estimate of drug-likeness (QED) is 0.854. The summed E-state index contributed by atoms with van der Waals surface area (Å²) >= 11 is 0. The first-order chi connectivity index (χ1) is 9.35. The molecule has 1 aromatic carbocycles. The fraction of sp³-hybridized carbons (Fsp3) is 0.625. The van der Waals surface area contributed by atoms with E-state index >= 15 is 0 Å². The summed E-state index contributed by atoms with van der Waals surface area (Å²) in [4.78, 5) is 0. The molecule has 0 spiro atoms. The van der Waals surface area contributed by atoms with Gasteiger partial charge in [-0.1, -0.05) is 37.5 Å². The van der Waals surface area contributed by atoms with Crippen LogP contribution in [0.4, 0.5) is 0 Å². The zero-order valence-electron chi connectivity index (χ0n) is 12.0. The molecule has 0 aliphatic heterocycles. The summed E-state index contributed by atoms with van der Waals surface area (Å²) in [5, 5.41) is 3.33. The van der Waals surface area contributed by atoms with Crippen LogP contribution in [0.2, 0.25) is 0 Å². The fourth-order valence-electron chi connectivity index (χ4n) is 2.75. The van der Waals surface area contributed by atoms with Crippen molar-refractivity contribution in [1.82, 2.24) is 5.32 Å². The van der Waals surface area contributed by atoms with E-state index in [2.05, 4.69) is 11.4 Å². The van der Waals surface area contributed by atoms with Crippen molar-refractivity contribution in [2.24, 2.45) is 0 Å². The summed E-state index contributed by atoms with van der Waals surface area (Å²) in [5.74, 6) is 0.925. The predicted octanol–water partition coefficient (Wildman–Crippen LogP) is 3.31. The number of rotatable bonds is 6. The van der Waals surface area contributed by atoms with Gasteiger partial charge in [0.2, 0.25) is 0 Å². The molecule has 0 saturated heterocycles. The average Bonchev–Trinajstić information content (AvgIpc) is 2.49. The Kier molecular flexibility index (Phi) is 5.67.